The molecule has 0 aliphatic heterocycles. The number of rotatable bonds is 2. The zero-order valence-corrected chi connectivity index (χ0v) is 12.2. The van der Waals surface area contributed by atoms with E-state index >= 15 is 0 Å². The van der Waals surface area contributed by atoms with Gasteiger partial charge in [0.15, 0.2) is 5.16 Å². The Morgan fingerprint density at radius 1 is 1.32 bits per heavy atom. The van der Waals surface area contributed by atoms with E-state index in [2.05, 4.69) is 22.5 Å². The van der Waals surface area contributed by atoms with E-state index < -0.39 is 0 Å². The van der Waals surface area contributed by atoms with Crippen molar-refractivity contribution in [2.75, 3.05) is 6.26 Å². The third kappa shape index (κ3) is 2.09. The van der Waals surface area contributed by atoms with Crippen LogP contribution >= 0.6 is 23.1 Å². The number of aromatic nitrogens is 2. The maximum Gasteiger partial charge on any atom is 0.254 e. The van der Waals surface area contributed by atoms with Crippen LogP contribution in [0.5, 0.6) is 0 Å². The highest BCUT2D eigenvalue weighted by molar-refractivity contribution is 7.98. The molecule has 3 rings (SSSR count). The number of benzene rings is 1. The Labute approximate surface area is 118 Å². The van der Waals surface area contributed by atoms with Crippen LogP contribution in [0.4, 0.5) is 0 Å². The molecule has 0 unspecified atom stereocenters. The normalized spacial score (nSPS) is 11.1. The van der Waals surface area contributed by atoms with Crippen LogP contribution in [0.1, 0.15) is 0 Å². The van der Waals surface area contributed by atoms with Crippen LogP contribution < -0.4 is 5.56 Å². The smallest absolute Gasteiger partial charge is 0.254 e. The van der Waals surface area contributed by atoms with Gasteiger partial charge >= 0.3 is 0 Å². The second kappa shape index (κ2) is 4.83. The van der Waals surface area contributed by atoms with Gasteiger partial charge in [0, 0.05) is 34.1 Å². The monoisotopic (exact) mass is 288 g/mol. The van der Waals surface area contributed by atoms with E-state index in [1.807, 2.05) is 18.4 Å². The molecule has 1 aromatic carbocycles. The van der Waals surface area contributed by atoms with Crippen molar-refractivity contribution in [3.63, 3.8) is 0 Å². The molecule has 0 radical (unpaired) electrons. The number of thiophene rings is 1. The molecule has 0 amide bonds. The molecule has 0 bridgehead atoms. The molecule has 2 heterocycles. The molecule has 2 aromatic heterocycles. The Kier molecular flexibility index (Phi) is 3.16. The lowest BCUT2D eigenvalue weighted by Gasteiger charge is -2.06. The third-order valence-electron chi connectivity index (χ3n) is 3.03. The molecule has 0 fully saturated rings. The summed E-state index contributed by atoms with van der Waals surface area (Å²) in [5, 5.41) is 3.95. The molecule has 96 valence electrons. The standard InChI is InChI=1S/C14H12N2OS2/c1-16-13(17)7-11(15-14(16)18-2)10-8-19-12-6-4-3-5-9(10)12/h3-8H,1-2H3. The highest BCUT2D eigenvalue weighted by atomic mass is 32.2. The fourth-order valence-electron chi connectivity index (χ4n) is 2.02. The van der Waals surface area contributed by atoms with Crippen molar-refractivity contribution in [3.05, 3.63) is 46.1 Å². The van der Waals surface area contributed by atoms with Gasteiger partial charge in [0.05, 0.1) is 5.69 Å². The van der Waals surface area contributed by atoms with Gasteiger partial charge < -0.3 is 0 Å². The molecule has 0 atom stereocenters. The SMILES string of the molecule is CSc1nc(-c2csc3ccccc23)cc(=O)n1C. The van der Waals surface area contributed by atoms with Gasteiger partial charge in [-0.15, -0.1) is 11.3 Å². The summed E-state index contributed by atoms with van der Waals surface area (Å²) in [6, 6.07) is 9.79. The number of hydrogen-bond donors (Lipinski definition) is 0. The average molecular weight is 288 g/mol. The van der Waals surface area contributed by atoms with E-state index in [9.17, 15) is 4.79 Å². The summed E-state index contributed by atoms with van der Waals surface area (Å²) in [6.45, 7) is 0. The summed E-state index contributed by atoms with van der Waals surface area (Å²) in [5.74, 6) is 0. The third-order valence-corrected chi connectivity index (χ3v) is 4.73. The molecular weight excluding hydrogens is 276 g/mol. The van der Waals surface area contributed by atoms with Gasteiger partial charge in [0.2, 0.25) is 0 Å². The predicted molar refractivity (Wildman–Crippen MR) is 82.1 cm³/mol. The minimum atomic E-state index is -0.0235. The quantitative estimate of drug-likeness (QED) is 0.535. The minimum absolute atomic E-state index is 0.0235. The highest BCUT2D eigenvalue weighted by Gasteiger charge is 2.10. The van der Waals surface area contributed by atoms with E-state index in [0.717, 1.165) is 21.8 Å². The van der Waals surface area contributed by atoms with Gasteiger partial charge in [-0.05, 0) is 12.3 Å². The first-order chi connectivity index (χ1) is 9.20. The van der Waals surface area contributed by atoms with Gasteiger partial charge in [-0.3, -0.25) is 9.36 Å². The number of fused-ring (bicyclic) bond motifs is 1. The van der Waals surface area contributed by atoms with Crippen LogP contribution in [-0.2, 0) is 7.05 Å². The van der Waals surface area contributed by atoms with Crippen LogP contribution in [0.25, 0.3) is 21.3 Å². The van der Waals surface area contributed by atoms with Crippen LogP contribution in [0.15, 0.2) is 45.7 Å². The van der Waals surface area contributed by atoms with Crippen molar-refractivity contribution < 1.29 is 0 Å². The van der Waals surface area contributed by atoms with Gasteiger partial charge in [-0.25, -0.2) is 4.98 Å². The van der Waals surface area contributed by atoms with Crippen LogP contribution in [0.3, 0.4) is 0 Å². The number of hydrogen-bond acceptors (Lipinski definition) is 4. The summed E-state index contributed by atoms with van der Waals surface area (Å²) >= 11 is 3.16. The second-order valence-corrected chi connectivity index (χ2v) is 5.86. The molecule has 0 N–H and O–H groups in total. The molecule has 0 aliphatic rings. The van der Waals surface area contributed by atoms with Crippen molar-refractivity contribution in [1.29, 1.82) is 0 Å². The summed E-state index contributed by atoms with van der Waals surface area (Å²) < 4.78 is 2.79. The lowest BCUT2D eigenvalue weighted by molar-refractivity contribution is 0.713. The summed E-state index contributed by atoms with van der Waals surface area (Å²) in [5.41, 5.74) is 1.77. The Morgan fingerprint density at radius 2 is 2.11 bits per heavy atom. The Bertz CT molecular complexity index is 805. The molecule has 0 saturated carbocycles. The summed E-state index contributed by atoms with van der Waals surface area (Å²) in [7, 11) is 1.75. The molecule has 19 heavy (non-hydrogen) atoms. The summed E-state index contributed by atoms with van der Waals surface area (Å²) in [4.78, 5) is 16.5. The Balaban J connectivity index is 2.27. The van der Waals surface area contributed by atoms with Gasteiger partial charge in [0.1, 0.15) is 0 Å². The zero-order chi connectivity index (χ0) is 13.4. The van der Waals surface area contributed by atoms with E-state index in [0.29, 0.717) is 0 Å². The highest BCUT2D eigenvalue weighted by Crippen LogP contribution is 2.32. The van der Waals surface area contributed by atoms with Crippen molar-refractivity contribution in [3.8, 4) is 11.3 Å². The number of nitrogens with zero attached hydrogens (tertiary/aromatic N) is 2. The fourth-order valence-corrected chi connectivity index (χ4v) is 3.52. The van der Waals surface area contributed by atoms with Crippen molar-refractivity contribution in [1.82, 2.24) is 9.55 Å². The van der Waals surface area contributed by atoms with Gasteiger partial charge in [-0.1, -0.05) is 30.0 Å². The van der Waals surface area contributed by atoms with E-state index in [1.54, 1.807) is 29.0 Å². The molecule has 0 aliphatic carbocycles. The average Bonchev–Trinajstić information content (AvgIpc) is 2.85. The zero-order valence-electron chi connectivity index (χ0n) is 10.6. The topological polar surface area (TPSA) is 34.9 Å². The molecular formula is C14H12N2OS2. The van der Waals surface area contributed by atoms with Gasteiger partial charge in [-0.2, -0.15) is 0 Å². The molecule has 0 saturated heterocycles. The van der Waals surface area contributed by atoms with Crippen LogP contribution in [-0.4, -0.2) is 15.8 Å². The number of thioether (sulfide) groups is 1. The lowest BCUT2D eigenvalue weighted by atomic mass is 10.1. The first kappa shape index (κ1) is 12.4. The Morgan fingerprint density at radius 3 is 2.89 bits per heavy atom. The van der Waals surface area contributed by atoms with Crippen molar-refractivity contribution >= 4 is 33.2 Å². The van der Waals surface area contributed by atoms with E-state index in [1.165, 1.54) is 16.5 Å². The van der Waals surface area contributed by atoms with E-state index in [-0.39, 0.29) is 5.56 Å². The first-order valence-corrected chi connectivity index (χ1v) is 7.90. The van der Waals surface area contributed by atoms with Crippen molar-refractivity contribution in [2.45, 2.75) is 5.16 Å². The molecule has 0 spiro atoms. The molecule has 3 nitrogen and oxygen atoms in total. The predicted octanol–water partition coefficient (Wildman–Crippen LogP) is 3.38. The second-order valence-electron chi connectivity index (χ2n) is 4.17. The maximum atomic E-state index is 12.0. The summed E-state index contributed by atoms with van der Waals surface area (Å²) in [6.07, 6.45) is 1.93. The first-order valence-electron chi connectivity index (χ1n) is 5.79. The largest absolute Gasteiger partial charge is 0.291 e. The van der Waals surface area contributed by atoms with Crippen molar-refractivity contribution in [2.24, 2.45) is 7.05 Å². The van der Waals surface area contributed by atoms with Gasteiger partial charge in [0.25, 0.3) is 5.56 Å². The molecule has 5 heteroatoms. The Hall–Kier alpha value is -1.59. The lowest BCUT2D eigenvalue weighted by Crippen LogP contribution is -2.18. The fraction of sp³-hybridized carbons (Fsp3) is 0.143. The molecule has 3 aromatic rings. The van der Waals surface area contributed by atoms with Crippen LogP contribution in [0, 0.1) is 0 Å². The van der Waals surface area contributed by atoms with Crippen LogP contribution in [0.2, 0.25) is 0 Å². The minimum Gasteiger partial charge on any atom is -0.291 e. The van der Waals surface area contributed by atoms with E-state index in [4.69, 9.17) is 0 Å². The maximum absolute atomic E-state index is 12.0.